The van der Waals surface area contributed by atoms with E-state index in [9.17, 15) is 0 Å². The van der Waals surface area contributed by atoms with Crippen molar-refractivity contribution in [1.29, 1.82) is 5.26 Å². The highest BCUT2D eigenvalue weighted by Crippen LogP contribution is 2.20. The molecule has 0 amide bonds. The van der Waals surface area contributed by atoms with Gasteiger partial charge in [-0.3, -0.25) is 0 Å². The summed E-state index contributed by atoms with van der Waals surface area (Å²) in [7, 11) is 0. The highest BCUT2D eigenvalue weighted by Gasteiger charge is 2.17. The fourth-order valence-corrected chi connectivity index (χ4v) is 1.99. The first-order valence-corrected chi connectivity index (χ1v) is 6.85. The largest absolute Gasteiger partial charge is 0.313 e. The molecule has 0 aromatic heterocycles. The number of hydrogen-bond donors (Lipinski definition) is 1. The molecular weight excluding hydrogens is 204 g/mol. The third-order valence-corrected chi connectivity index (χ3v) is 3.56. The second-order valence-corrected chi connectivity index (χ2v) is 6.08. The molecule has 88 valence electrons. The Morgan fingerprint density at radius 1 is 1.47 bits per heavy atom. The molecule has 0 aliphatic rings. The van der Waals surface area contributed by atoms with Crippen molar-refractivity contribution >= 4 is 11.8 Å². The van der Waals surface area contributed by atoms with Crippen LogP contribution < -0.4 is 5.32 Å². The summed E-state index contributed by atoms with van der Waals surface area (Å²) in [6.45, 7) is 9.85. The number of hydrogen-bond acceptors (Lipinski definition) is 3. The van der Waals surface area contributed by atoms with Gasteiger partial charge in [-0.05, 0) is 24.5 Å². The van der Waals surface area contributed by atoms with E-state index in [-0.39, 0.29) is 5.41 Å². The summed E-state index contributed by atoms with van der Waals surface area (Å²) in [5.41, 5.74) is 0.237. The van der Waals surface area contributed by atoms with E-state index in [1.165, 1.54) is 11.5 Å². The quantitative estimate of drug-likeness (QED) is 0.693. The smallest absolute Gasteiger partial charge is 0.0621 e. The first kappa shape index (κ1) is 14.8. The summed E-state index contributed by atoms with van der Waals surface area (Å²) in [5, 5.41) is 12.1. The van der Waals surface area contributed by atoms with E-state index in [4.69, 9.17) is 5.26 Å². The number of nitrogens with one attached hydrogen (secondary N) is 1. The van der Waals surface area contributed by atoms with Crippen LogP contribution in [0.5, 0.6) is 0 Å². The van der Waals surface area contributed by atoms with Crippen molar-refractivity contribution in [3.63, 3.8) is 0 Å². The van der Waals surface area contributed by atoms with Gasteiger partial charge in [-0.15, -0.1) is 0 Å². The zero-order chi connectivity index (χ0) is 11.7. The Labute approximate surface area is 98.8 Å². The third-order valence-electron chi connectivity index (χ3n) is 2.41. The SMILES string of the molecule is CCSCC(C)NCC(C)(C)CCC#N. The lowest BCUT2D eigenvalue weighted by atomic mass is 9.88. The van der Waals surface area contributed by atoms with Crippen molar-refractivity contribution in [3.8, 4) is 6.07 Å². The van der Waals surface area contributed by atoms with Gasteiger partial charge in [-0.25, -0.2) is 0 Å². The summed E-state index contributed by atoms with van der Waals surface area (Å²) in [5.74, 6) is 2.36. The Kier molecular flexibility index (Phi) is 7.90. The molecule has 0 saturated carbocycles. The Balaban J connectivity index is 3.67. The predicted molar refractivity (Wildman–Crippen MR) is 69.1 cm³/mol. The van der Waals surface area contributed by atoms with Gasteiger partial charge in [0.1, 0.15) is 0 Å². The molecule has 0 heterocycles. The molecule has 2 nitrogen and oxygen atoms in total. The molecule has 0 aromatic carbocycles. The van der Waals surface area contributed by atoms with Crippen molar-refractivity contribution in [3.05, 3.63) is 0 Å². The van der Waals surface area contributed by atoms with Crippen LogP contribution in [-0.4, -0.2) is 24.1 Å². The second kappa shape index (κ2) is 8.01. The first-order valence-electron chi connectivity index (χ1n) is 5.70. The molecule has 0 bridgehead atoms. The van der Waals surface area contributed by atoms with Crippen LogP contribution in [0.4, 0.5) is 0 Å². The van der Waals surface area contributed by atoms with Gasteiger partial charge in [0.05, 0.1) is 6.07 Å². The molecule has 0 aliphatic carbocycles. The van der Waals surface area contributed by atoms with Crippen LogP contribution in [-0.2, 0) is 0 Å². The normalized spacial score (nSPS) is 13.5. The van der Waals surface area contributed by atoms with Crippen LogP contribution in [0.3, 0.4) is 0 Å². The Morgan fingerprint density at radius 2 is 2.13 bits per heavy atom. The second-order valence-electron chi connectivity index (χ2n) is 4.76. The van der Waals surface area contributed by atoms with Gasteiger partial charge in [-0.1, -0.05) is 20.8 Å². The van der Waals surface area contributed by atoms with Gasteiger partial charge < -0.3 is 5.32 Å². The van der Waals surface area contributed by atoms with Crippen molar-refractivity contribution in [2.45, 2.75) is 46.6 Å². The Bertz CT molecular complexity index is 196. The number of thioether (sulfide) groups is 1. The maximum atomic E-state index is 8.55. The maximum absolute atomic E-state index is 8.55. The van der Waals surface area contributed by atoms with E-state index in [0.29, 0.717) is 12.5 Å². The van der Waals surface area contributed by atoms with Gasteiger partial charge in [0.15, 0.2) is 0 Å². The number of nitriles is 1. The van der Waals surface area contributed by atoms with E-state index in [1.807, 2.05) is 11.8 Å². The topological polar surface area (TPSA) is 35.8 Å². The molecule has 1 unspecified atom stereocenters. The minimum Gasteiger partial charge on any atom is -0.313 e. The van der Waals surface area contributed by atoms with E-state index in [0.717, 1.165) is 13.0 Å². The molecule has 0 aliphatic heterocycles. The summed E-state index contributed by atoms with van der Waals surface area (Å²) < 4.78 is 0. The van der Waals surface area contributed by atoms with Crippen LogP contribution in [0.2, 0.25) is 0 Å². The fraction of sp³-hybridized carbons (Fsp3) is 0.917. The van der Waals surface area contributed by atoms with Gasteiger partial charge >= 0.3 is 0 Å². The lowest BCUT2D eigenvalue weighted by Crippen LogP contribution is -2.36. The van der Waals surface area contributed by atoms with Gasteiger partial charge in [0.2, 0.25) is 0 Å². The lowest BCUT2D eigenvalue weighted by molar-refractivity contribution is 0.308. The van der Waals surface area contributed by atoms with E-state index in [2.05, 4.69) is 39.1 Å². The fourth-order valence-electron chi connectivity index (χ4n) is 1.29. The summed E-state index contributed by atoms with van der Waals surface area (Å²) in [4.78, 5) is 0. The van der Waals surface area contributed by atoms with Gasteiger partial charge in [0, 0.05) is 24.8 Å². The highest BCUT2D eigenvalue weighted by molar-refractivity contribution is 7.99. The van der Waals surface area contributed by atoms with E-state index >= 15 is 0 Å². The molecule has 0 aromatic rings. The Morgan fingerprint density at radius 3 is 2.67 bits per heavy atom. The molecule has 0 radical (unpaired) electrons. The van der Waals surface area contributed by atoms with Crippen molar-refractivity contribution < 1.29 is 0 Å². The van der Waals surface area contributed by atoms with Crippen molar-refractivity contribution in [2.24, 2.45) is 5.41 Å². The van der Waals surface area contributed by atoms with Gasteiger partial charge in [0.25, 0.3) is 0 Å². The number of rotatable bonds is 8. The van der Waals surface area contributed by atoms with Crippen LogP contribution in [0, 0.1) is 16.7 Å². The van der Waals surface area contributed by atoms with Gasteiger partial charge in [-0.2, -0.15) is 17.0 Å². The summed E-state index contributed by atoms with van der Waals surface area (Å²) in [6, 6.07) is 2.78. The molecule has 1 N–H and O–H groups in total. The molecule has 3 heteroatoms. The first-order chi connectivity index (χ1) is 7.02. The molecule has 0 saturated heterocycles. The highest BCUT2D eigenvalue weighted by atomic mass is 32.2. The Hall–Kier alpha value is -0.200. The zero-order valence-electron chi connectivity index (χ0n) is 10.5. The van der Waals surface area contributed by atoms with Crippen molar-refractivity contribution in [1.82, 2.24) is 5.32 Å². The van der Waals surface area contributed by atoms with Crippen LogP contribution in [0.1, 0.15) is 40.5 Å². The zero-order valence-corrected chi connectivity index (χ0v) is 11.3. The minimum atomic E-state index is 0.237. The van der Waals surface area contributed by atoms with Crippen molar-refractivity contribution in [2.75, 3.05) is 18.1 Å². The summed E-state index contributed by atoms with van der Waals surface area (Å²) in [6.07, 6.45) is 1.64. The average Bonchev–Trinajstić information content (AvgIpc) is 2.21. The minimum absolute atomic E-state index is 0.237. The molecule has 0 fully saturated rings. The molecule has 1 atom stereocenters. The van der Waals surface area contributed by atoms with Crippen LogP contribution in [0.15, 0.2) is 0 Å². The van der Waals surface area contributed by atoms with Crippen LogP contribution >= 0.6 is 11.8 Å². The molecule has 15 heavy (non-hydrogen) atoms. The van der Waals surface area contributed by atoms with E-state index < -0.39 is 0 Å². The predicted octanol–water partition coefficient (Wildman–Crippen LogP) is 3.05. The van der Waals surface area contributed by atoms with E-state index in [1.54, 1.807) is 0 Å². The molecule has 0 rings (SSSR count). The third kappa shape index (κ3) is 8.77. The standard InChI is InChI=1S/C12H24N2S/c1-5-15-9-11(2)14-10-12(3,4)7-6-8-13/h11,14H,5-7,9-10H2,1-4H3. The summed E-state index contributed by atoms with van der Waals surface area (Å²) >= 11 is 1.97. The maximum Gasteiger partial charge on any atom is 0.0621 e. The molecule has 0 spiro atoms. The average molecular weight is 228 g/mol. The van der Waals surface area contributed by atoms with Crippen LogP contribution in [0.25, 0.3) is 0 Å². The lowest BCUT2D eigenvalue weighted by Gasteiger charge is -2.26. The molecular formula is C12H24N2S. The monoisotopic (exact) mass is 228 g/mol. The number of nitrogens with zero attached hydrogens (tertiary/aromatic N) is 1.